The van der Waals surface area contributed by atoms with Crippen LogP contribution in [0.25, 0.3) is 5.69 Å². The van der Waals surface area contributed by atoms with Crippen molar-refractivity contribution in [3.05, 3.63) is 42.2 Å². The summed E-state index contributed by atoms with van der Waals surface area (Å²) in [6.07, 6.45) is 2.85. The van der Waals surface area contributed by atoms with Gasteiger partial charge in [-0.25, -0.2) is 4.79 Å². The molecule has 0 fully saturated rings. The maximum atomic E-state index is 10.5. The SMILES string of the molecule is CC(=O)O/N=C/c1cnn(-c2ccccc2)n1. The van der Waals surface area contributed by atoms with Gasteiger partial charge in [0.25, 0.3) is 0 Å². The van der Waals surface area contributed by atoms with Gasteiger partial charge in [0.2, 0.25) is 0 Å². The molecule has 1 aromatic heterocycles. The van der Waals surface area contributed by atoms with Gasteiger partial charge in [0.05, 0.1) is 18.1 Å². The summed E-state index contributed by atoms with van der Waals surface area (Å²) in [5, 5.41) is 11.7. The van der Waals surface area contributed by atoms with E-state index >= 15 is 0 Å². The zero-order chi connectivity index (χ0) is 12.1. The second kappa shape index (κ2) is 5.02. The largest absolute Gasteiger partial charge is 0.331 e. The van der Waals surface area contributed by atoms with Crippen LogP contribution < -0.4 is 0 Å². The Morgan fingerprint density at radius 3 is 2.88 bits per heavy atom. The fourth-order valence-electron chi connectivity index (χ4n) is 1.17. The molecule has 6 nitrogen and oxygen atoms in total. The van der Waals surface area contributed by atoms with Crippen molar-refractivity contribution in [2.75, 3.05) is 0 Å². The fraction of sp³-hybridized carbons (Fsp3) is 0.0909. The van der Waals surface area contributed by atoms with Crippen LogP contribution in [0.2, 0.25) is 0 Å². The first-order valence-electron chi connectivity index (χ1n) is 4.94. The van der Waals surface area contributed by atoms with Gasteiger partial charge in [0.1, 0.15) is 5.69 Å². The highest BCUT2D eigenvalue weighted by Crippen LogP contribution is 2.03. The zero-order valence-electron chi connectivity index (χ0n) is 9.15. The van der Waals surface area contributed by atoms with Crippen LogP contribution in [0.15, 0.2) is 41.7 Å². The molecule has 17 heavy (non-hydrogen) atoms. The van der Waals surface area contributed by atoms with E-state index in [-0.39, 0.29) is 0 Å². The second-order valence-corrected chi connectivity index (χ2v) is 3.21. The van der Waals surface area contributed by atoms with E-state index in [0.29, 0.717) is 5.69 Å². The summed E-state index contributed by atoms with van der Waals surface area (Å²) in [7, 11) is 0. The number of para-hydroxylation sites is 1. The van der Waals surface area contributed by atoms with Crippen molar-refractivity contribution in [2.24, 2.45) is 5.16 Å². The minimum Gasteiger partial charge on any atom is -0.319 e. The average Bonchev–Trinajstić information content (AvgIpc) is 2.78. The summed E-state index contributed by atoms with van der Waals surface area (Å²) >= 11 is 0. The molecule has 0 saturated heterocycles. The molecule has 0 N–H and O–H groups in total. The quantitative estimate of drug-likeness (QED) is 0.451. The lowest BCUT2D eigenvalue weighted by Crippen LogP contribution is -1.98. The Balaban J connectivity index is 2.11. The van der Waals surface area contributed by atoms with Gasteiger partial charge in [-0.05, 0) is 12.1 Å². The lowest BCUT2D eigenvalue weighted by Gasteiger charge is -1.96. The summed E-state index contributed by atoms with van der Waals surface area (Å²) in [4.78, 5) is 16.4. The van der Waals surface area contributed by atoms with Crippen molar-refractivity contribution in [3.63, 3.8) is 0 Å². The van der Waals surface area contributed by atoms with E-state index in [4.69, 9.17) is 0 Å². The molecule has 0 spiro atoms. The molecule has 0 aliphatic rings. The van der Waals surface area contributed by atoms with Crippen molar-refractivity contribution < 1.29 is 9.63 Å². The third-order valence-corrected chi connectivity index (χ3v) is 1.86. The van der Waals surface area contributed by atoms with Gasteiger partial charge in [0.15, 0.2) is 0 Å². The molecule has 2 aromatic rings. The van der Waals surface area contributed by atoms with E-state index in [1.54, 1.807) is 0 Å². The number of nitrogens with zero attached hydrogens (tertiary/aromatic N) is 4. The fourth-order valence-corrected chi connectivity index (χ4v) is 1.17. The summed E-state index contributed by atoms with van der Waals surface area (Å²) < 4.78 is 0. The highest BCUT2D eigenvalue weighted by atomic mass is 16.7. The van der Waals surface area contributed by atoms with Crippen LogP contribution in [0, 0.1) is 0 Å². The molecule has 0 saturated carbocycles. The summed E-state index contributed by atoms with van der Waals surface area (Å²) in [6.45, 7) is 1.28. The van der Waals surface area contributed by atoms with E-state index in [1.807, 2.05) is 30.3 Å². The molecule has 0 aliphatic carbocycles. The minimum absolute atomic E-state index is 0.475. The highest BCUT2D eigenvalue weighted by Gasteiger charge is 2.00. The Kier molecular flexibility index (Phi) is 3.25. The van der Waals surface area contributed by atoms with Crippen LogP contribution >= 0.6 is 0 Å². The van der Waals surface area contributed by atoms with Gasteiger partial charge in [0, 0.05) is 6.92 Å². The second-order valence-electron chi connectivity index (χ2n) is 3.21. The number of carbonyl (C=O) groups is 1. The maximum absolute atomic E-state index is 10.5. The molecule has 0 unspecified atom stereocenters. The number of hydrogen-bond donors (Lipinski definition) is 0. The molecule has 0 atom stereocenters. The molecular weight excluding hydrogens is 220 g/mol. The number of benzene rings is 1. The van der Waals surface area contributed by atoms with E-state index in [9.17, 15) is 4.79 Å². The van der Waals surface area contributed by atoms with Gasteiger partial charge >= 0.3 is 5.97 Å². The monoisotopic (exact) mass is 230 g/mol. The highest BCUT2D eigenvalue weighted by molar-refractivity contribution is 5.76. The summed E-state index contributed by atoms with van der Waals surface area (Å²) in [6, 6.07) is 9.46. The smallest absolute Gasteiger partial charge is 0.319 e. The first kappa shape index (κ1) is 11.0. The van der Waals surface area contributed by atoms with Crippen LogP contribution in [0.3, 0.4) is 0 Å². The van der Waals surface area contributed by atoms with Gasteiger partial charge in [-0.2, -0.15) is 9.90 Å². The maximum Gasteiger partial charge on any atom is 0.331 e. The van der Waals surface area contributed by atoms with E-state index < -0.39 is 5.97 Å². The zero-order valence-corrected chi connectivity index (χ0v) is 9.15. The van der Waals surface area contributed by atoms with E-state index in [0.717, 1.165) is 5.69 Å². The number of rotatable bonds is 3. The van der Waals surface area contributed by atoms with Crippen LogP contribution in [0.1, 0.15) is 12.6 Å². The minimum atomic E-state index is -0.475. The average molecular weight is 230 g/mol. The van der Waals surface area contributed by atoms with Crippen LogP contribution in [0.4, 0.5) is 0 Å². The van der Waals surface area contributed by atoms with Crippen LogP contribution in [-0.2, 0) is 9.63 Å². The Bertz CT molecular complexity index is 533. The standard InChI is InChI=1S/C11H10N4O2/c1-9(16)17-13-8-10-7-12-15(14-10)11-5-3-2-4-6-11/h2-8H,1H3/b13-8+. The normalized spacial score (nSPS) is 10.6. The Morgan fingerprint density at radius 2 is 2.18 bits per heavy atom. The Hall–Kier alpha value is -2.50. The lowest BCUT2D eigenvalue weighted by molar-refractivity contribution is -0.140. The predicted octanol–water partition coefficient (Wildman–Crippen LogP) is 1.16. The Morgan fingerprint density at radius 1 is 1.41 bits per heavy atom. The predicted molar refractivity (Wildman–Crippen MR) is 60.7 cm³/mol. The molecule has 1 aromatic carbocycles. The first-order valence-corrected chi connectivity index (χ1v) is 4.94. The molecule has 1 heterocycles. The van der Waals surface area contributed by atoms with Crippen molar-refractivity contribution in [2.45, 2.75) is 6.92 Å². The third kappa shape index (κ3) is 2.97. The molecule has 86 valence electrons. The number of hydrogen-bond acceptors (Lipinski definition) is 5. The van der Waals surface area contributed by atoms with Crippen molar-refractivity contribution in [3.8, 4) is 5.69 Å². The Labute approximate surface area is 97.5 Å². The van der Waals surface area contributed by atoms with Gasteiger partial charge < -0.3 is 4.84 Å². The van der Waals surface area contributed by atoms with Gasteiger partial charge in [-0.15, -0.1) is 5.10 Å². The summed E-state index contributed by atoms with van der Waals surface area (Å²) in [5.74, 6) is -0.475. The van der Waals surface area contributed by atoms with E-state index in [1.165, 1.54) is 24.1 Å². The number of carbonyl (C=O) groups excluding carboxylic acids is 1. The van der Waals surface area contributed by atoms with Crippen molar-refractivity contribution in [1.29, 1.82) is 0 Å². The van der Waals surface area contributed by atoms with Gasteiger partial charge in [-0.3, -0.25) is 0 Å². The molecule has 0 radical (unpaired) electrons. The molecule has 0 amide bonds. The van der Waals surface area contributed by atoms with Crippen molar-refractivity contribution >= 4 is 12.2 Å². The molecular formula is C11H10N4O2. The van der Waals surface area contributed by atoms with E-state index in [2.05, 4.69) is 20.2 Å². The van der Waals surface area contributed by atoms with Crippen LogP contribution in [-0.4, -0.2) is 27.2 Å². The lowest BCUT2D eigenvalue weighted by atomic mass is 10.3. The molecule has 6 heteroatoms. The topological polar surface area (TPSA) is 69.4 Å². The summed E-state index contributed by atoms with van der Waals surface area (Å²) in [5.41, 5.74) is 1.36. The number of aromatic nitrogens is 3. The van der Waals surface area contributed by atoms with Gasteiger partial charge in [-0.1, -0.05) is 23.4 Å². The van der Waals surface area contributed by atoms with Crippen molar-refractivity contribution in [1.82, 2.24) is 15.0 Å². The van der Waals surface area contributed by atoms with Crippen LogP contribution in [0.5, 0.6) is 0 Å². The first-order chi connectivity index (χ1) is 8.25. The molecule has 0 bridgehead atoms. The molecule has 0 aliphatic heterocycles. The molecule has 2 rings (SSSR count). The third-order valence-electron chi connectivity index (χ3n) is 1.86. The number of oxime groups is 1.